The van der Waals surface area contributed by atoms with Crippen LogP contribution in [0, 0.1) is 0 Å². The fourth-order valence-electron chi connectivity index (χ4n) is 2.62. The molecule has 24 heteroatoms. The fraction of sp³-hybridized carbons (Fsp3) is 0.962. The second-order valence-corrected chi connectivity index (χ2v) is 90.3. The van der Waals surface area contributed by atoms with E-state index in [4.69, 9.17) is 36.3 Å². The van der Waals surface area contributed by atoms with Gasteiger partial charge in [0, 0.05) is 42.7 Å². The molecule has 0 radical (unpaired) electrons. The SMILES string of the molecule is C.C.C.C.C.C.C.C=C[Si](C)(C)C.CO[SiH](C)C.CO[Si](C)(C)CC[Si](C)(C)C.C[SiH](C)C.C[SiH](C)C.C[Si](C)(C)O.C[Si](C)(C)O.C[Si](C)(C)O.C[Si](C)(C)O.C[Si](C)(C)O[Si](C)(C)C.C[Si](C)(C)O[Si](C)(C)C.O.O.[HH].[HH]. The number of hydrogen-bond donors (Lipinski definition) is 4. The van der Waals surface area contributed by atoms with Gasteiger partial charge in [-0.25, -0.2) is 0 Å². The van der Waals surface area contributed by atoms with Crippen molar-refractivity contribution < 1.29 is 50.1 Å². The number of hydrogen-bond acceptors (Lipinski definition) is 8. The van der Waals surface area contributed by atoms with Gasteiger partial charge < -0.3 is 47.2 Å². The van der Waals surface area contributed by atoms with E-state index in [1.807, 2.05) is 85.7 Å². The Morgan fingerprint density at radius 3 is 0.519 bits per heavy atom. The molecule has 0 aromatic carbocycles. The Kier molecular flexibility index (Phi) is 118. The third-order valence-corrected chi connectivity index (χ3v) is 21.1. The van der Waals surface area contributed by atoms with Crippen LogP contribution in [0.2, 0.25) is 274 Å². The van der Waals surface area contributed by atoms with Crippen molar-refractivity contribution in [2.75, 3.05) is 14.2 Å². The molecular weight excluding hydrogens is 1190 g/mol. The second kappa shape index (κ2) is 65.9. The Labute approximate surface area is 516 Å². The standard InChI is InChI=1S/C8H22OSi2.2C6H18OSi2.C5H12Si.5C3H10OSi.2C3H10Si.7CH4.2H2O.2H2/c1-9-11(5,6)8-7-10(2,3)4;2*1-8(2,3)7-9(4,5)6;1-5-6(2,3)4;4*1-5(2,3)4;1-4-5(2)3;2*1-4(2)3;;;;;;;;;;;/h7-8H2,1-6H3;2*1-6H3;5H,1H2,2-4H3;4*4H,1-3H3;5H,1-3H3;2*4H,1-3H3;7*1H4;2*1H2;2*1H. The predicted molar refractivity (Wildman–Crippen MR) is 423 cm³/mol. The van der Waals surface area contributed by atoms with Crippen molar-refractivity contribution in [2.24, 2.45) is 0 Å². The third-order valence-electron chi connectivity index (χ3n) is 4.34. The van der Waals surface area contributed by atoms with Crippen LogP contribution in [0.1, 0.15) is 54.8 Å². The highest BCUT2D eigenvalue weighted by atomic mass is 28.4. The van der Waals surface area contributed by atoms with E-state index in [9.17, 15) is 0 Å². The lowest BCUT2D eigenvalue weighted by Crippen LogP contribution is -2.39. The molecule has 0 rings (SSSR count). The van der Waals surface area contributed by atoms with Crippen LogP contribution in [0.15, 0.2) is 12.3 Å². The first-order chi connectivity index (χ1) is 28.5. The van der Waals surface area contributed by atoms with Crippen LogP contribution in [-0.4, -0.2) is 162 Å². The molecule has 8 N–H and O–H groups in total. The predicted octanol–water partition coefficient (Wildman–Crippen LogP) is 19.9. The molecular formula is C53H176O10Si14. The van der Waals surface area contributed by atoms with E-state index >= 15 is 0 Å². The molecule has 0 spiro atoms. The Morgan fingerprint density at radius 2 is 0.481 bits per heavy atom. The van der Waals surface area contributed by atoms with E-state index in [-0.39, 0.29) is 83.4 Å². The molecule has 77 heavy (non-hydrogen) atoms. The van der Waals surface area contributed by atoms with Crippen molar-refractivity contribution in [3.8, 4) is 0 Å². The van der Waals surface area contributed by atoms with Crippen LogP contribution in [0.4, 0.5) is 0 Å². The number of rotatable bonds is 10. The van der Waals surface area contributed by atoms with Crippen molar-refractivity contribution in [2.45, 2.75) is 326 Å². The highest BCUT2D eigenvalue weighted by molar-refractivity contribution is 6.84. The Bertz CT molecular complexity index is 939. The lowest BCUT2D eigenvalue weighted by atomic mass is 10.9. The molecule has 0 bridgehead atoms. The molecule has 0 aliphatic heterocycles. The van der Waals surface area contributed by atoms with E-state index < -0.39 is 100 Å². The molecule has 0 unspecified atom stereocenters. The summed E-state index contributed by atoms with van der Waals surface area (Å²) in [5.74, 6) is 0. The van der Waals surface area contributed by atoms with Gasteiger partial charge in [-0.05, 0) is 189 Å². The summed E-state index contributed by atoms with van der Waals surface area (Å²) < 4.78 is 22.2. The fourth-order valence-corrected chi connectivity index (χ4v) is 22.9. The summed E-state index contributed by atoms with van der Waals surface area (Å²) in [6.45, 7) is 89.9. The van der Waals surface area contributed by atoms with E-state index in [0.29, 0.717) is 0 Å². The molecule has 504 valence electrons. The summed E-state index contributed by atoms with van der Waals surface area (Å²) in [6.07, 6.45) is 0. The molecule has 0 aliphatic carbocycles. The van der Waals surface area contributed by atoms with Crippen molar-refractivity contribution in [1.82, 2.24) is 0 Å². The average Bonchev–Trinajstić information content (AvgIpc) is 2.89. The van der Waals surface area contributed by atoms with Crippen molar-refractivity contribution >= 4 is 118 Å². The molecule has 0 atom stereocenters. The first-order valence-corrected chi connectivity index (χ1v) is 73.0. The monoisotopic (exact) mass is 1370 g/mol. The van der Waals surface area contributed by atoms with Gasteiger partial charge in [-0.2, -0.15) is 0 Å². The quantitative estimate of drug-likeness (QED) is 0.156. The van der Waals surface area contributed by atoms with Crippen LogP contribution < -0.4 is 0 Å². The van der Waals surface area contributed by atoms with Crippen molar-refractivity contribution in [3.05, 3.63) is 12.3 Å². The van der Waals surface area contributed by atoms with E-state index in [1.54, 1.807) is 7.11 Å². The zero-order valence-corrected chi connectivity index (χ0v) is 70.8. The van der Waals surface area contributed by atoms with Gasteiger partial charge in [0.25, 0.3) is 0 Å². The maximum atomic E-state index is 8.66. The van der Waals surface area contributed by atoms with E-state index in [0.717, 1.165) is 0 Å². The van der Waals surface area contributed by atoms with Gasteiger partial charge in [-0.15, -0.1) is 12.3 Å². The maximum absolute atomic E-state index is 8.66. The zero-order chi connectivity index (χ0) is 59.2. The second-order valence-electron chi connectivity index (χ2n) is 29.7. The summed E-state index contributed by atoms with van der Waals surface area (Å²) in [6, 6.07) is 2.75. The molecule has 0 aromatic heterocycles. The zero-order valence-electron chi connectivity index (χ0n) is 56.4. The van der Waals surface area contributed by atoms with Gasteiger partial charge in [0.1, 0.15) is 0 Å². The first-order valence-electron chi connectivity index (χ1n) is 25.5. The molecule has 0 heterocycles. The summed E-state index contributed by atoms with van der Waals surface area (Å²) in [5.41, 5.74) is 2.08. The van der Waals surface area contributed by atoms with Crippen molar-refractivity contribution in [3.63, 3.8) is 0 Å². The topological polar surface area (TPSA) is 181 Å². The largest absolute Gasteiger partial charge is 0.456 e. The summed E-state index contributed by atoms with van der Waals surface area (Å²) in [4.78, 5) is 34.6. The third kappa shape index (κ3) is 530. The van der Waals surface area contributed by atoms with Gasteiger partial charge in [-0.3, -0.25) is 0 Å². The van der Waals surface area contributed by atoms with E-state index in [1.165, 1.54) is 12.1 Å². The molecule has 0 saturated heterocycles. The Morgan fingerprint density at radius 1 is 0.364 bits per heavy atom. The molecule has 0 saturated carbocycles. The highest BCUT2D eigenvalue weighted by Gasteiger charge is 2.26. The van der Waals surface area contributed by atoms with Crippen molar-refractivity contribution in [1.29, 1.82) is 0 Å². The highest BCUT2D eigenvalue weighted by Crippen LogP contribution is 2.20. The van der Waals surface area contributed by atoms with Crippen LogP contribution >= 0.6 is 0 Å². The van der Waals surface area contributed by atoms with Crippen LogP contribution in [0.5, 0.6) is 0 Å². The van der Waals surface area contributed by atoms with E-state index in [2.05, 4.69) is 196 Å². The molecule has 0 fully saturated rings. The first kappa shape index (κ1) is 138. The minimum absolute atomic E-state index is 0. The van der Waals surface area contributed by atoms with Crippen LogP contribution in [0.3, 0.4) is 0 Å². The lowest BCUT2D eigenvalue weighted by Gasteiger charge is -2.27. The lowest BCUT2D eigenvalue weighted by molar-refractivity contribution is 0.405. The molecule has 0 aliphatic rings. The summed E-state index contributed by atoms with van der Waals surface area (Å²) in [7, 11) is -11.6. The molecule has 0 aromatic rings. The summed E-state index contributed by atoms with van der Waals surface area (Å²) >= 11 is 0. The minimum Gasteiger partial charge on any atom is -0.456 e. The Hall–Kier alpha value is 2.38. The van der Waals surface area contributed by atoms with Gasteiger partial charge in [-0.1, -0.05) is 137 Å². The Balaban J connectivity index is -0.0000000226. The maximum Gasteiger partial charge on any atom is 0.185 e. The van der Waals surface area contributed by atoms with Gasteiger partial charge in [0.05, 0.1) is 8.07 Å². The average molecular weight is 1370 g/mol. The summed E-state index contributed by atoms with van der Waals surface area (Å²) in [5, 5.41) is 0. The molecule has 10 nitrogen and oxygen atoms in total. The van der Waals surface area contributed by atoms with Crippen LogP contribution in [-0.2, 0) is 17.1 Å². The minimum atomic E-state index is -1.61. The van der Waals surface area contributed by atoms with Gasteiger partial charge in [0.15, 0.2) is 83.9 Å². The van der Waals surface area contributed by atoms with Crippen LogP contribution in [0.25, 0.3) is 0 Å². The van der Waals surface area contributed by atoms with Gasteiger partial charge >= 0.3 is 0 Å². The smallest absolute Gasteiger partial charge is 0.185 e. The normalized spacial score (nSPS) is 10.8. The molecule has 0 amide bonds. The van der Waals surface area contributed by atoms with Gasteiger partial charge in [0.2, 0.25) is 0 Å².